The van der Waals surface area contributed by atoms with Gasteiger partial charge in [0.2, 0.25) is 5.91 Å². The van der Waals surface area contributed by atoms with E-state index in [9.17, 15) is 9.59 Å². The van der Waals surface area contributed by atoms with Crippen LogP contribution < -0.4 is 20.7 Å². The van der Waals surface area contributed by atoms with Crippen LogP contribution in [0.4, 0.5) is 11.4 Å². The molecule has 1 aliphatic rings. The number of ether oxygens (including phenoxy) is 1. The van der Waals surface area contributed by atoms with Crippen molar-refractivity contribution in [3.05, 3.63) is 54.1 Å². The Morgan fingerprint density at radius 3 is 2.30 bits per heavy atom. The maximum atomic E-state index is 12.4. The van der Waals surface area contributed by atoms with E-state index in [2.05, 4.69) is 22.9 Å². The molecule has 3 rings (SSSR count). The second-order valence-electron chi connectivity index (χ2n) is 7.60. The Balaban J connectivity index is 0.00000320. The number of anilines is 2. The lowest BCUT2D eigenvalue weighted by Crippen LogP contribution is -2.34. The molecular weight excluding hydrogens is 402 g/mol. The molecule has 1 heterocycles. The van der Waals surface area contributed by atoms with E-state index in [-0.39, 0.29) is 24.2 Å². The van der Waals surface area contributed by atoms with Crippen LogP contribution in [0.25, 0.3) is 0 Å². The van der Waals surface area contributed by atoms with E-state index in [4.69, 9.17) is 4.74 Å². The summed E-state index contributed by atoms with van der Waals surface area (Å²) < 4.78 is 5.11. The van der Waals surface area contributed by atoms with Gasteiger partial charge in [-0.2, -0.15) is 0 Å². The van der Waals surface area contributed by atoms with Crippen LogP contribution in [-0.2, 0) is 4.79 Å². The van der Waals surface area contributed by atoms with Crippen molar-refractivity contribution in [3.63, 3.8) is 0 Å². The number of hydrogen-bond donors (Lipinski definition) is 3. The van der Waals surface area contributed by atoms with Crippen LogP contribution in [0.1, 0.15) is 36.5 Å². The van der Waals surface area contributed by atoms with Crippen molar-refractivity contribution < 1.29 is 14.3 Å². The summed E-state index contributed by atoms with van der Waals surface area (Å²) in [4.78, 5) is 24.7. The Bertz CT molecular complexity index is 819. The Hall–Kier alpha value is -2.57. The van der Waals surface area contributed by atoms with Gasteiger partial charge in [-0.05, 0) is 86.3 Å². The van der Waals surface area contributed by atoms with Crippen LogP contribution in [0.5, 0.6) is 5.75 Å². The predicted octanol–water partition coefficient (Wildman–Crippen LogP) is 4.33. The first kappa shape index (κ1) is 23.7. The summed E-state index contributed by atoms with van der Waals surface area (Å²) in [5, 5.41) is 9.18. The molecule has 30 heavy (non-hydrogen) atoms. The highest BCUT2D eigenvalue weighted by molar-refractivity contribution is 6.04. The van der Waals surface area contributed by atoms with Crippen molar-refractivity contribution in [2.24, 2.45) is 11.8 Å². The summed E-state index contributed by atoms with van der Waals surface area (Å²) >= 11 is 0. The summed E-state index contributed by atoms with van der Waals surface area (Å²) in [5.41, 5.74) is 1.92. The van der Waals surface area contributed by atoms with Gasteiger partial charge >= 0.3 is 0 Å². The number of carbonyl (C=O) groups excluding carboxylic acids is 2. The third-order valence-electron chi connectivity index (χ3n) is 5.43. The molecule has 7 heteroatoms. The number of benzene rings is 2. The van der Waals surface area contributed by atoms with Crippen molar-refractivity contribution in [1.29, 1.82) is 0 Å². The van der Waals surface area contributed by atoms with Gasteiger partial charge in [0.25, 0.3) is 5.91 Å². The van der Waals surface area contributed by atoms with E-state index >= 15 is 0 Å². The highest BCUT2D eigenvalue weighted by Gasteiger charge is 2.22. The summed E-state index contributed by atoms with van der Waals surface area (Å²) in [6, 6.07) is 14.1. The predicted molar refractivity (Wildman–Crippen MR) is 123 cm³/mol. The quantitative estimate of drug-likeness (QED) is 0.609. The molecule has 162 valence electrons. The molecule has 2 amide bonds. The molecule has 6 nitrogen and oxygen atoms in total. The van der Waals surface area contributed by atoms with Gasteiger partial charge in [0, 0.05) is 23.4 Å². The molecule has 3 N–H and O–H groups in total. The maximum Gasteiger partial charge on any atom is 0.255 e. The van der Waals surface area contributed by atoms with Crippen LogP contribution in [0.15, 0.2) is 48.5 Å². The van der Waals surface area contributed by atoms with Crippen LogP contribution in [0.3, 0.4) is 0 Å². The van der Waals surface area contributed by atoms with Gasteiger partial charge < -0.3 is 20.7 Å². The Morgan fingerprint density at radius 2 is 1.70 bits per heavy atom. The average molecular weight is 432 g/mol. The largest absolute Gasteiger partial charge is 0.497 e. The average Bonchev–Trinajstić information content (AvgIpc) is 2.75. The van der Waals surface area contributed by atoms with E-state index in [1.165, 1.54) is 12.8 Å². The van der Waals surface area contributed by atoms with E-state index in [0.717, 1.165) is 18.8 Å². The van der Waals surface area contributed by atoms with Gasteiger partial charge in [0.1, 0.15) is 5.75 Å². The maximum absolute atomic E-state index is 12.4. The van der Waals surface area contributed by atoms with Crippen molar-refractivity contribution in [3.8, 4) is 5.75 Å². The molecule has 0 radical (unpaired) electrons. The lowest BCUT2D eigenvalue weighted by atomic mass is 9.85. The molecule has 2 unspecified atom stereocenters. The standard InChI is InChI=1S/C23H29N3O3.ClH/c1-16(18-4-3-13-24-15-18)14-22(27)25-19-7-5-17(6-8-19)23(28)26-20-9-11-21(29-2)12-10-20;/h5-12,16,18,24H,3-4,13-15H2,1-2H3,(H,25,27)(H,26,28);1H. The lowest BCUT2D eigenvalue weighted by molar-refractivity contribution is -0.117. The summed E-state index contributed by atoms with van der Waals surface area (Å²) in [5.74, 6) is 1.44. The fraction of sp³-hybridized carbons (Fsp3) is 0.391. The summed E-state index contributed by atoms with van der Waals surface area (Å²) in [7, 11) is 1.60. The fourth-order valence-corrected chi connectivity index (χ4v) is 3.62. The van der Waals surface area contributed by atoms with Gasteiger partial charge in [0.15, 0.2) is 0 Å². The molecule has 1 fully saturated rings. The van der Waals surface area contributed by atoms with E-state index in [0.29, 0.717) is 35.2 Å². The Kier molecular flexibility index (Phi) is 9.15. The number of hydrogen-bond acceptors (Lipinski definition) is 4. The normalized spacial score (nSPS) is 16.7. The van der Waals surface area contributed by atoms with Gasteiger partial charge in [-0.25, -0.2) is 0 Å². The topological polar surface area (TPSA) is 79.5 Å². The molecular formula is C23H30ClN3O3. The minimum Gasteiger partial charge on any atom is -0.497 e. The van der Waals surface area contributed by atoms with Crippen LogP contribution in [-0.4, -0.2) is 32.0 Å². The molecule has 2 aromatic carbocycles. The second kappa shape index (κ2) is 11.6. The van der Waals surface area contributed by atoms with Crippen molar-refractivity contribution in [1.82, 2.24) is 5.32 Å². The van der Waals surface area contributed by atoms with E-state index < -0.39 is 0 Å². The monoisotopic (exact) mass is 431 g/mol. The lowest BCUT2D eigenvalue weighted by Gasteiger charge is -2.28. The molecule has 1 aliphatic heterocycles. The Labute approximate surface area is 184 Å². The minimum atomic E-state index is -0.202. The van der Waals surface area contributed by atoms with Gasteiger partial charge in [-0.3, -0.25) is 9.59 Å². The molecule has 1 saturated heterocycles. The molecule has 0 bridgehead atoms. The highest BCUT2D eigenvalue weighted by atomic mass is 35.5. The molecule has 0 spiro atoms. The van der Waals surface area contributed by atoms with Gasteiger partial charge in [-0.1, -0.05) is 6.92 Å². The first-order valence-electron chi connectivity index (χ1n) is 10.1. The molecule has 0 saturated carbocycles. The highest BCUT2D eigenvalue weighted by Crippen LogP contribution is 2.23. The zero-order valence-corrected chi connectivity index (χ0v) is 18.3. The number of piperidine rings is 1. The molecule has 2 aromatic rings. The number of rotatable bonds is 7. The van der Waals surface area contributed by atoms with Crippen LogP contribution in [0.2, 0.25) is 0 Å². The van der Waals surface area contributed by atoms with Crippen LogP contribution >= 0.6 is 12.4 Å². The van der Waals surface area contributed by atoms with Gasteiger partial charge in [0.05, 0.1) is 7.11 Å². The number of carbonyl (C=O) groups is 2. The number of halogens is 1. The smallest absolute Gasteiger partial charge is 0.255 e. The summed E-state index contributed by atoms with van der Waals surface area (Å²) in [6.07, 6.45) is 2.86. The first-order valence-corrected chi connectivity index (χ1v) is 10.1. The molecule has 0 aliphatic carbocycles. The zero-order chi connectivity index (χ0) is 20.6. The number of amides is 2. The van der Waals surface area contributed by atoms with Crippen molar-refractivity contribution in [2.75, 3.05) is 30.8 Å². The van der Waals surface area contributed by atoms with Gasteiger partial charge in [-0.15, -0.1) is 12.4 Å². The SMILES string of the molecule is COc1ccc(NC(=O)c2ccc(NC(=O)CC(C)C3CCCNC3)cc2)cc1.Cl. The Morgan fingerprint density at radius 1 is 1.07 bits per heavy atom. The first-order chi connectivity index (χ1) is 14.0. The number of nitrogens with one attached hydrogen (secondary N) is 3. The van der Waals surface area contributed by atoms with E-state index in [1.54, 1.807) is 55.6 Å². The van der Waals surface area contributed by atoms with Crippen LogP contribution in [0, 0.1) is 11.8 Å². The van der Waals surface area contributed by atoms with Crippen molar-refractivity contribution >= 4 is 35.6 Å². The zero-order valence-electron chi connectivity index (χ0n) is 17.4. The summed E-state index contributed by atoms with van der Waals surface area (Å²) in [6.45, 7) is 4.21. The molecule has 0 aromatic heterocycles. The second-order valence-corrected chi connectivity index (χ2v) is 7.60. The minimum absolute atomic E-state index is 0. The fourth-order valence-electron chi connectivity index (χ4n) is 3.62. The van der Waals surface area contributed by atoms with E-state index in [1.807, 2.05) is 0 Å². The number of methoxy groups -OCH3 is 1. The third kappa shape index (κ3) is 6.75. The molecule has 2 atom stereocenters. The third-order valence-corrected chi connectivity index (χ3v) is 5.43. The van der Waals surface area contributed by atoms with Crippen molar-refractivity contribution in [2.45, 2.75) is 26.2 Å².